The summed E-state index contributed by atoms with van der Waals surface area (Å²) in [6.45, 7) is 4.19. The predicted molar refractivity (Wildman–Crippen MR) is 81.6 cm³/mol. The van der Waals surface area contributed by atoms with Gasteiger partial charge in [0.25, 0.3) is 0 Å². The first-order valence-electron chi connectivity index (χ1n) is 7.01. The van der Waals surface area contributed by atoms with E-state index in [-0.39, 0.29) is 17.9 Å². The van der Waals surface area contributed by atoms with Crippen molar-refractivity contribution in [2.75, 3.05) is 18.6 Å². The van der Waals surface area contributed by atoms with E-state index in [1.807, 2.05) is 13.8 Å². The van der Waals surface area contributed by atoms with Crippen LogP contribution in [0.2, 0.25) is 0 Å². The molecular weight excluding hydrogens is 291 g/mol. The number of benzene rings is 1. The summed E-state index contributed by atoms with van der Waals surface area (Å²) in [6.07, 6.45) is 1.88. The number of nitrogens with zero attached hydrogens (tertiary/aromatic N) is 1. The third-order valence-corrected chi connectivity index (χ3v) is 4.75. The Balaban J connectivity index is 2.32. The van der Waals surface area contributed by atoms with Crippen molar-refractivity contribution in [3.63, 3.8) is 0 Å². The fraction of sp³-hybridized carbons (Fsp3) is 0.533. The number of nitrogens with one attached hydrogen (secondary N) is 1. The lowest BCUT2D eigenvalue weighted by molar-refractivity contribution is -0.132. The summed E-state index contributed by atoms with van der Waals surface area (Å²) in [7, 11) is -0.975. The van der Waals surface area contributed by atoms with Gasteiger partial charge in [0.05, 0.1) is 5.54 Å². The molecule has 116 valence electrons. The minimum atomic E-state index is -0.975. The molecule has 0 spiro atoms. The molecule has 0 bridgehead atoms. The van der Waals surface area contributed by atoms with Gasteiger partial charge in [-0.15, -0.1) is 0 Å². The van der Waals surface area contributed by atoms with Gasteiger partial charge in [-0.2, -0.15) is 0 Å². The van der Waals surface area contributed by atoms with Crippen LogP contribution in [0.3, 0.4) is 0 Å². The van der Waals surface area contributed by atoms with Gasteiger partial charge in [0, 0.05) is 29.4 Å². The van der Waals surface area contributed by atoms with Crippen LogP contribution in [-0.4, -0.2) is 39.1 Å². The molecule has 0 aromatic heterocycles. The number of hydrogen-bond donors (Lipinski definition) is 1. The van der Waals surface area contributed by atoms with Crippen LogP contribution in [0.5, 0.6) is 0 Å². The molecule has 0 aliphatic carbocycles. The highest BCUT2D eigenvalue weighted by Crippen LogP contribution is 2.32. The normalized spacial score (nSPS) is 27.1. The van der Waals surface area contributed by atoms with E-state index in [1.54, 1.807) is 23.3 Å². The van der Waals surface area contributed by atoms with Crippen molar-refractivity contribution in [3.05, 3.63) is 35.6 Å². The van der Waals surface area contributed by atoms with Crippen molar-refractivity contribution < 1.29 is 13.4 Å². The van der Waals surface area contributed by atoms with Gasteiger partial charge in [0.1, 0.15) is 12.0 Å². The topological polar surface area (TPSA) is 49.4 Å². The zero-order valence-corrected chi connectivity index (χ0v) is 13.4. The molecule has 4 nitrogen and oxygen atoms in total. The highest BCUT2D eigenvalue weighted by atomic mass is 32.2. The van der Waals surface area contributed by atoms with Crippen LogP contribution in [0, 0.1) is 5.82 Å². The number of halogens is 1. The average Bonchev–Trinajstić information content (AvgIpc) is 2.70. The first-order chi connectivity index (χ1) is 9.87. The molecule has 1 aliphatic rings. The molecule has 2 rings (SSSR count). The van der Waals surface area contributed by atoms with E-state index >= 15 is 0 Å². The Morgan fingerprint density at radius 2 is 2.19 bits per heavy atom. The molecule has 1 N–H and O–H groups in total. The van der Waals surface area contributed by atoms with Gasteiger partial charge in [-0.25, -0.2) is 4.39 Å². The number of carbonyl (C=O) groups is 1. The van der Waals surface area contributed by atoms with Crippen molar-refractivity contribution in [3.8, 4) is 0 Å². The third kappa shape index (κ3) is 3.32. The smallest absolute Gasteiger partial charge is 0.244 e. The van der Waals surface area contributed by atoms with E-state index in [1.165, 1.54) is 12.1 Å². The van der Waals surface area contributed by atoms with Crippen molar-refractivity contribution in [1.29, 1.82) is 0 Å². The summed E-state index contributed by atoms with van der Waals surface area (Å²) >= 11 is 0. The highest BCUT2D eigenvalue weighted by molar-refractivity contribution is 7.84. The summed E-state index contributed by atoms with van der Waals surface area (Å²) in [5.74, 6) is 0.0644. The van der Waals surface area contributed by atoms with Crippen molar-refractivity contribution in [2.45, 2.75) is 32.0 Å². The molecule has 0 radical (unpaired) electrons. The Hall–Kier alpha value is -1.27. The summed E-state index contributed by atoms with van der Waals surface area (Å²) in [5.41, 5.74) is 0.0501. The molecule has 21 heavy (non-hydrogen) atoms. The van der Waals surface area contributed by atoms with Crippen molar-refractivity contribution >= 4 is 16.7 Å². The zero-order valence-electron chi connectivity index (χ0n) is 12.6. The van der Waals surface area contributed by atoms with Crippen molar-refractivity contribution in [1.82, 2.24) is 10.2 Å². The molecule has 3 atom stereocenters. The maximum atomic E-state index is 13.5. The van der Waals surface area contributed by atoms with Gasteiger partial charge in [-0.05, 0) is 31.0 Å². The van der Waals surface area contributed by atoms with Gasteiger partial charge in [0.2, 0.25) is 5.91 Å². The number of rotatable bonds is 5. The number of carbonyl (C=O) groups excluding carboxylic acids is 1. The van der Waals surface area contributed by atoms with Crippen LogP contribution < -0.4 is 5.32 Å². The molecule has 6 heteroatoms. The lowest BCUT2D eigenvalue weighted by Gasteiger charge is -2.24. The second-order valence-corrected chi connectivity index (χ2v) is 7.12. The SMILES string of the molecule is CCC1(C)NC(c2cccc(F)c2)N(CCS(C)=O)C1=O. The summed E-state index contributed by atoms with van der Waals surface area (Å²) < 4.78 is 24.8. The molecule has 1 aromatic rings. The minimum absolute atomic E-state index is 0.0234. The van der Waals surface area contributed by atoms with E-state index in [2.05, 4.69) is 5.32 Å². The van der Waals surface area contributed by atoms with E-state index in [4.69, 9.17) is 0 Å². The van der Waals surface area contributed by atoms with Crippen molar-refractivity contribution in [2.24, 2.45) is 0 Å². The van der Waals surface area contributed by atoms with Crippen LogP contribution in [-0.2, 0) is 15.6 Å². The van der Waals surface area contributed by atoms with Crippen LogP contribution in [0.25, 0.3) is 0 Å². The second-order valence-electron chi connectivity index (χ2n) is 5.56. The highest BCUT2D eigenvalue weighted by Gasteiger charge is 2.46. The van der Waals surface area contributed by atoms with E-state index in [9.17, 15) is 13.4 Å². The minimum Gasteiger partial charge on any atom is -0.320 e. The standard InChI is InChI=1S/C15H21FN2O2S/c1-4-15(2)14(19)18(8-9-21(3)20)13(17-15)11-6-5-7-12(16)10-11/h5-7,10,13,17H,4,8-9H2,1-3H3. The maximum Gasteiger partial charge on any atom is 0.244 e. The second kappa shape index (κ2) is 6.23. The lowest BCUT2D eigenvalue weighted by atomic mass is 9.99. The van der Waals surface area contributed by atoms with Crippen LogP contribution in [0.1, 0.15) is 32.0 Å². The first kappa shape index (κ1) is 16.1. The van der Waals surface area contributed by atoms with E-state index in [0.717, 1.165) is 0 Å². The molecule has 1 heterocycles. The van der Waals surface area contributed by atoms with Crippen LogP contribution >= 0.6 is 0 Å². The van der Waals surface area contributed by atoms with Gasteiger partial charge in [-0.3, -0.25) is 14.3 Å². The predicted octanol–water partition coefficient (Wildman–Crippen LogP) is 1.80. The zero-order chi connectivity index (χ0) is 15.6. The quantitative estimate of drug-likeness (QED) is 0.902. The molecule has 3 unspecified atom stereocenters. The number of hydrogen-bond acceptors (Lipinski definition) is 3. The lowest BCUT2D eigenvalue weighted by Crippen LogP contribution is -2.43. The fourth-order valence-corrected chi connectivity index (χ4v) is 2.98. The monoisotopic (exact) mass is 312 g/mol. The van der Waals surface area contributed by atoms with E-state index in [0.29, 0.717) is 24.3 Å². The Morgan fingerprint density at radius 3 is 2.76 bits per heavy atom. The van der Waals surface area contributed by atoms with Gasteiger partial charge < -0.3 is 4.90 Å². The Kier molecular flexibility index (Phi) is 4.78. The first-order valence-corrected chi connectivity index (χ1v) is 8.74. The van der Waals surface area contributed by atoms with Crippen LogP contribution in [0.15, 0.2) is 24.3 Å². The number of amides is 1. The third-order valence-electron chi connectivity index (χ3n) is 3.99. The summed E-state index contributed by atoms with van der Waals surface area (Å²) in [4.78, 5) is 14.3. The summed E-state index contributed by atoms with van der Waals surface area (Å²) in [6, 6.07) is 6.24. The molecule has 1 amide bonds. The molecule has 1 aliphatic heterocycles. The molecule has 1 saturated heterocycles. The van der Waals surface area contributed by atoms with Gasteiger partial charge in [-0.1, -0.05) is 19.1 Å². The Morgan fingerprint density at radius 1 is 1.48 bits per heavy atom. The largest absolute Gasteiger partial charge is 0.320 e. The molecule has 1 aromatic carbocycles. The summed E-state index contributed by atoms with van der Waals surface area (Å²) in [5, 5.41) is 3.29. The Bertz CT molecular complexity index is 566. The Labute approximate surface area is 127 Å². The van der Waals surface area contributed by atoms with Crippen LogP contribution in [0.4, 0.5) is 4.39 Å². The average molecular weight is 312 g/mol. The molecule has 0 saturated carbocycles. The molecular formula is C15H21FN2O2S. The molecule has 1 fully saturated rings. The van der Waals surface area contributed by atoms with Gasteiger partial charge >= 0.3 is 0 Å². The van der Waals surface area contributed by atoms with E-state index < -0.39 is 16.3 Å². The fourth-order valence-electron chi connectivity index (χ4n) is 2.53. The van der Waals surface area contributed by atoms with Gasteiger partial charge in [0.15, 0.2) is 0 Å². The maximum absolute atomic E-state index is 13.5.